The maximum atomic E-state index is 12.5. The zero-order chi connectivity index (χ0) is 19.7. The number of hydrogen-bond acceptors (Lipinski definition) is 5. The molecule has 0 saturated heterocycles. The third-order valence-corrected chi connectivity index (χ3v) is 4.36. The lowest BCUT2D eigenvalue weighted by Crippen LogP contribution is -2.14. The van der Waals surface area contributed by atoms with Gasteiger partial charge >= 0.3 is 5.97 Å². The van der Waals surface area contributed by atoms with Crippen LogP contribution in [0.2, 0.25) is 5.02 Å². The molecule has 4 aromatic rings. The van der Waals surface area contributed by atoms with Crippen LogP contribution in [-0.4, -0.2) is 30.8 Å². The van der Waals surface area contributed by atoms with Gasteiger partial charge in [0.15, 0.2) is 0 Å². The van der Waals surface area contributed by atoms with Gasteiger partial charge in [0.1, 0.15) is 0 Å². The lowest BCUT2D eigenvalue weighted by molar-refractivity contribution is 0.0697. The second kappa shape index (κ2) is 7.16. The third kappa shape index (κ3) is 3.58. The lowest BCUT2D eigenvalue weighted by atomic mass is 10.2. The van der Waals surface area contributed by atoms with Crippen LogP contribution in [0.3, 0.4) is 0 Å². The number of nitrogens with one attached hydrogen (secondary N) is 2. The van der Waals surface area contributed by atoms with Crippen LogP contribution in [-0.2, 0) is 6.54 Å². The fourth-order valence-electron chi connectivity index (χ4n) is 2.74. The monoisotopic (exact) mass is 395 g/mol. The highest BCUT2D eigenvalue weighted by Gasteiger charge is 2.11. The van der Waals surface area contributed by atoms with E-state index in [9.17, 15) is 9.59 Å². The molecule has 9 heteroatoms. The summed E-state index contributed by atoms with van der Waals surface area (Å²) in [7, 11) is 0. The number of rotatable bonds is 5. The van der Waals surface area contributed by atoms with Crippen LogP contribution in [0.1, 0.15) is 15.9 Å². The molecule has 8 nitrogen and oxygen atoms in total. The van der Waals surface area contributed by atoms with Crippen molar-refractivity contribution in [3.05, 3.63) is 81.4 Å². The van der Waals surface area contributed by atoms with Crippen molar-refractivity contribution in [3.8, 4) is 5.95 Å². The number of nitrogens with zero attached hydrogens (tertiary/aromatic N) is 3. The Morgan fingerprint density at radius 1 is 1.25 bits per heavy atom. The van der Waals surface area contributed by atoms with Crippen molar-refractivity contribution in [2.45, 2.75) is 6.54 Å². The minimum Gasteiger partial charge on any atom is -0.478 e. The van der Waals surface area contributed by atoms with Crippen LogP contribution in [0.4, 0.5) is 5.69 Å². The fourth-order valence-corrected chi connectivity index (χ4v) is 2.96. The minimum absolute atomic E-state index is 0.00306. The third-order valence-electron chi connectivity index (χ3n) is 4.13. The van der Waals surface area contributed by atoms with Crippen molar-refractivity contribution in [2.24, 2.45) is 0 Å². The van der Waals surface area contributed by atoms with Gasteiger partial charge in [0.25, 0.3) is 5.56 Å². The highest BCUT2D eigenvalue weighted by molar-refractivity contribution is 6.30. The molecule has 0 aliphatic rings. The van der Waals surface area contributed by atoms with Crippen molar-refractivity contribution < 1.29 is 9.90 Å². The Balaban J connectivity index is 1.62. The molecule has 2 aromatic heterocycles. The first kappa shape index (κ1) is 17.7. The van der Waals surface area contributed by atoms with Gasteiger partial charge in [0.05, 0.1) is 22.7 Å². The number of benzene rings is 2. The summed E-state index contributed by atoms with van der Waals surface area (Å²) in [4.78, 5) is 30.5. The smallest absolute Gasteiger partial charge is 0.338 e. The van der Waals surface area contributed by atoms with Crippen molar-refractivity contribution in [1.29, 1.82) is 0 Å². The predicted molar refractivity (Wildman–Crippen MR) is 105 cm³/mol. The summed E-state index contributed by atoms with van der Waals surface area (Å²) >= 11 is 5.99. The van der Waals surface area contributed by atoms with Crippen LogP contribution in [0.5, 0.6) is 0 Å². The fraction of sp³-hybridized carbons (Fsp3) is 0.0526. The Morgan fingerprint density at radius 3 is 2.86 bits per heavy atom. The number of halogens is 1. The Labute approximate surface area is 163 Å². The van der Waals surface area contributed by atoms with Gasteiger partial charge < -0.3 is 10.4 Å². The quantitative estimate of drug-likeness (QED) is 0.478. The summed E-state index contributed by atoms with van der Waals surface area (Å²) in [5.74, 6) is -0.963. The molecule has 28 heavy (non-hydrogen) atoms. The molecule has 3 N–H and O–H groups in total. The Kier molecular flexibility index (Phi) is 4.54. The van der Waals surface area contributed by atoms with Crippen molar-refractivity contribution >= 4 is 34.2 Å². The second-order valence-corrected chi connectivity index (χ2v) is 6.52. The van der Waals surface area contributed by atoms with Crippen molar-refractivity contribution in [1.82, 2.24) is 19.7 Å². The molecule has 0 bridgehead atoms. The molecule has 4 rings (SSSR count). The summed E-state index contributed by atoms with van der Waals surface area (Å²) in [5, 5.41) is 17.2. The molecule has 2 aromatic carbocycles. The highest BCUT2D eigenvalue weighted by Crippen LogP contribution is 2.17. The van der Waals surface area contributed by atoms with Crippen molar-refractivity contribution in [2.75, 3.05) is 5.32 Å². The van der Waals surface area contributed by atoms with Gasteiger partial charge in [-0.15, -0.1) is 0 Å². The normalized spacial score (nSPS) is 10.9. The largest absolute Gasteiger partial charge is 0.478 e. The molecule has 0 saturated carbocycles. The van der Waals surface area contributed by atoms with Gasteiger partial charge in [0.2, 0.25) is 5.95 Å². The standard InChI is InChI=1S/C19H14ClN5O3/c20-13-3-1-2-11(6-13)8-21-14-4-5-16-15(7-14)17(26)24-19(23-16)25-10-12(9-22-25)18(27)28/h1-7,9-10,21H,8H2,(H,27,28)(H,23,24,26). The number of hydrogen-bond donors (Lipinski definition) is 3. The first-order valence-electron chi connectivity index (χ1n) is 8.30. The summed E-state index contributed by atoms with van der Waals surface area (Å²) in [6.07, 6.45) is 2.47. The number of aromatic nitrogens is 4. The summed E-state index contributed by atoms with van der Waals surface area (Å²) in [6.45, 7) is 0.556. The van der Waals surface area contributed by atoms with E-state index < -0.39 is 5.97 Å². The average Bonchev–Trinajstić information content (AvgIpc) is 3.17. The number of carbonyl (C=O) groups is 1. The second-order valence-electron chi connectivity index (χ2n) is 6.08. The van der Waals surface area contributed by atoms with Gasteiger partial charge in [-0.05, 0) is 35.9 Å². The van der Waals surface area contributed by atoms with Gasteiger partial charge in [-0.3, -0.25) is 9.78 Å². The summed E-state index contributed by atoms with van der Waals surface area (Å²) < 4.78 is 1.22. The highest BCUT2D eigenvalue weighted by atomic mass is 35.5. The molecular formula is C19H14ClN5O3. The zero-order valence-electron chi connectivity index (χ0n) is 14.4. The maximum absolute atomic E-state index is 12.5. The lowest BCUT2D eigenvalue weighted by Gasteiger charge is -2.08. The molecule has 0 fully saturated rings. The molecule has 140 valence electrons. The SMILES string of the molecule is O=C(O)c1cnn(-c2nc3ccc(NCc4cccc(Cl)c4)cc3c(=O)[nH]2)c1. The summed E-state index contributed by atoms with van der Waals surface area (Å²) in [5.41, 5.74) is 1.91. The van der Waals surface area contributed by atoms with E-state index in [1.807, 2.05) is 30.3 Å². The molecule has 0 aliphatic heterocycles. The molecule has 0 unspecified atom stereocenters. The number of fused-ring (bicyclic) bond motifs is 1. The van der Waals surface area contributed by atoms with Crippen LogP contribution in [0.15, 0.2) is 59.7 Å². The van der Waals surface area contributed by atoms with E-state index in [1.165, 1.54) is 17.1 Å². The molecule has 0 radical (unpaired) electrons. The number of H-pyrrole nitrogens is 1. The van der Waals surface area contributed by atoms with E-state index in [0.29, 0.717) is 22.5 Å². The number of aromatic carboxylic acids is 1. The minimum atomic E-state index is -1.11. The predicted octanol–water partition coefficient (Wildman–Crippen LogP) is 3.07. The summed E-state index contributed by atoms with van der Waals surface area (Å²) in [6, 6.07) is 12.7. The van der Waals surface area contributed by atoms with Crippen molar-refractivity contribution in [3.63, 3.8) is 0 Å². The van der Waals surface area contributed by atoms with E-state index in [0.717, 1.165) is 11.3 Å². The molecule has 0 amide bonds. The molecule has 2 heterocycles. The number of carboxylic acids is 1. The average molecular weight is 396 g/mol. The van der Waals surface area contributed by atoms with E-state index >= 15 is 0 Å². The number of anilines is 1. The van der Waals surface area contributed by atoms with Crippen LogP contribution in [0, 0.1) is 0 Å². The van der Waals surface area contributed by atoms with E-state index in [-0.39, 0.29) is 17.1 Å². The molecule has 0 aliphatic carbocycles. The van der Waals surface area contributed by atoms with Gasteiger partial charge in [-0.2, -0.15) is 5.10 Å². The Bertz CT molecular complexity index is 1250. The van der Waals surface area contributed by atoms with E-state index in [1.54, 1.807) is 12.1 Å². The molecular weight excluding hydrogens is 382 g/mol. The Hall–Kier alpha value is -3.65. The van der Waals surface area contributed by atoms with E-state index in [2.05, 4.69) is 20.4 Å². The van der Waals surface area contributed by atoms with Gasteiger partial charge in [-0.25, -0.2) is 14.5 Å². The van der Waals surface area contributed by atoms with Gasteiger partial charge in [-0.1, -0.05) is 23.7 Å². The topological polar surface area (TPSA) is 113 Å². The first-order valence-corrected chi connectivity index (χ1v) is 8.68. The van der Waals surface area contributed by atoms with Gasteiger partial charge in [0, 0.05) is 23.5 Å². The first-order chi connectivity index (χ1) is 13.5. The van der Waals surface area contributed by atoms with E-state index in [4.69, 9.17) is 16.7 Å². The van der Waals surface area contributed by atoms with Crippen LogP contribution >= 0.6 is 11.6 Å². The number of carboxylic acid groups (broad SMARTS) is 1. The maximum Gasteiger partial charge on any atom is 0.338 e. The zero-order valence-corrected chi connectivity index (χ0v) is 15.1. The van der Waals surface area contributed by atoms with Crippen LogP contribution < -0.4 is 10.9 Å². The Morgan fingerprint density at radius 2 is 2.11 bits per heavy atom. The van der Waals surface area contributed by atoms with Crippen LogP contribution in [0.25, 0.3) is 16.9 Å². The number of aromatic amines is 1. The molecule has 0 spiro atoms. The molecule has 0 atom stereocenters.